The van der Waals surface area contributed by atoms with Crippen molar-refractivity contribution in [3.05, 3.63) is 24.3 Å². The van der Waals surface area contributed by atoms with Gasteiger partial charge in [0, 0.05) is 13.1 Å². The summed E-state index contributed by atoms with van der Waals surface area (Å²) in [4.78, 5) is 2.27. The molecule has 1 aromatic carbocycles. The number of ether oxygens (including phenoxy) is 2. The summed E-state index contributed by atoms with van der Waals surface area (Å²) in [6.45, 7) is 5.53. The first-order chi connectivity index (χ1) is 10.7. The van der Waals surface area contributed by atoms with Crippen molar-refractivity contribution in [3.8, 4) is 11.5 Å². The summed E-state index contributed by atoms with van der Waals surface area (Å²) in [6, 6.07) is 7.69. The zero-order valence-corrected chi connectivity index (χ0v) is 13.3. The molecule has 0 aliphatic carbocycles. The van der Waals surface area contributed by atoms with Crippen LogP contribution in [0.5, 0.6) is 11.5 Å². The topological polar surface area (TPSA) is 62.2 Å². The van der Waals surface area contributed by atoms with Crippen molar-refractivity contribution in [2.75, 3.05) is 39.5 Å². The molecule has 0 unspecified atom stereocenters. The number of para-hydroxylation sites is 2. The molecule has 124 valence electrons. The number of aliphatic hydroxyl groups excluding tert-OH is 1. The lowest BCUT2D eigenvalue weighted by Crippen LogP contribution is -2.35. The second-order valence-electron chi connectivity index (χ2n) is 5.81. The summed E-state index contributed by atoms with van der Waals surface area (Å²) < 4.78 is 11.4. The SMILES string of the molecule is CCOc1ccccc1OCCN1CCC[C@](O)(CO)CC1. The fraction of sp³-hybridized carbons (Fsp3) is 0.647. The number of hydrogen-bond donors (Lipinski definition) is 2. The molecule has 1 heterocycles. The summed E-state index contributed by atoms with van der Waals surface area (Å²) in [6.07, 6.45) is 2.17. The van der Waals surface area contributed by atoms with E-state index in [0.717, 1.165) is 37.6 Å². The van der Waals surface area contributed by atoms with Crippen molar-refractivity contribution in [1.29, 1.82) is 0 Å². The van der Waals surface area contributed by atoms with Gasteiger partial charge in [0.25, 0.3) is 0 Å². The molecule has 2 rings (SSSR count). The van der Waals surface area contributed by atoms with Gasteiger partial charge in [0.2, 0.25) is 0 Å². The Morgan fingerprint density at radius 2 is 1.86 bits per heavy atom. The van der Waals surface area contributed by atoms with Crippen LogP contribution in [0.25, 0.3) is 0 Å². The molecule has 22 heavy (non-hydrogen) atoms. The molecule has 1 aliphatic heterocycles. The Morgan fingerprint density at radius 1 is 1.14 bits per heavy atom. The first-order valence-corrected chi connectivity index (χ1v) is 8.07. The van der Waals surface area contributed by atoms with Gasteiger partial charge in [-0.25, -0.2) is 0 Å². The first-order valence-electron chi connectivity index (χ1n) is 8.07. The van der Waals surface area contributed by atoms with Crippen molar-refractivity contribution in [1.82, 2.24) is 4.90 Å². The van der Waals surface area contributed by atoms with Crippen molar-refractivity contribution < 1.29 is 19.7 Å². The van der Waals surface area contributed by atoms with Crippen molar-refractivity contribution in [2.45, 2.75) is 31.8 Å². The molecule has 1 fully saturated rings. The van der Waals surface area contributed by atoms with Crippen LogP contribution in [-0.2, 0) is 0 Å². The number of aliphatic hydroxyl groups is 2. The maximum absolute atomic E-state index is 10.2. The van der Waals surface area contributed by atoms with Gasteiger partial charge in [-0.15, -0.1) is 0 Å². The van der Waals surface area contributed by atoms with Gasteiger partial charge in [-0.2, -0.15) is 0 Å². The van der Waals surface area contributed by atoms with Crippen LogP contribution < -0.4 is 9.47 Å². The Morgan fingerprint density at radius 3 is 2.55 bits per heavy atom. The number of likely N-dealkylation sites (tertiary alicyclic amines) is 1. The van der Waals surface area contributed by atoms with Crippen molar-refractivity contribution >= 4 is 0 Å². The van der Waals surface area contributed by atoms with E-state index in [1.807, 2.05) is 31.2 Å². The molecular weight excluding hydrogens is 282 g/mol. The third-order valence-electron chi connectivity index (χ3n) is 4.12. The van der Waals surface area contributed by atoms with E-state index in [0.29, 0.717) is 26.1 Å². The number of hydrogen-bond acceptors (Lipinski definition) is 5. The van der Waals surface area contributed by atoms with E-state index < -0.39 is 5.60 Å². The van der Waals surface area contributed by atoms with E-state index in [1.54, 1.807) is 0 Å². The summed E-state index contributed by atoms with van der Waals surface area (Å²) >= 11 is 0. The Hall–Kier alpha value is -1.30. The van der Waals surface area contributed by atoms with Crippen LogP contribution in [0.4, 0.5) is 0 Å². The van der Waals surface area contributed by atoms with E-state index in [9.17, 15) is 10.2 Å². The fourth-order valence-corrected chi connectivity index (χ4v) is 2.75. The third-order valence-corrected chi connectivity index (χ3v) is 4.12. The molecule has 0 spiro atoms. The largest absolute Gasteiger partial charge is 0.490 e. The van der Waals surface area contributed by atoms with Crippen LogP contribution in [0.15, 0.2) is 24.3 Å². The molecule has 0 bridgehead atoms. The minimum atomic E-state index is -0.906. The molecule has 0 aromatic heterocycles. The highest BCUT2D eigenvalue weighted by Crippen LogP contribution is 2.26. The zero-order valence-electron chi connectivity index (χ0n) is 13.3. The van der Waals surface area contributed by atoms with Crippen LogP contribution in [0.1, 0.15) is 26.2 Å². The smallest absolute Gasteiger partial charge is 0.161 e. The monoisotopic (exact) mass is 309 g/mol. The van der Waals surface area contributed by atoms with E-state index in [2.05, 4.69) is 4.90 Å². The van der Waals surface area contributed by atoms with Gasteiger partial charge in [0.15, 0.2) is 11.5 Å². The van der Waals surface area contributed by atoms with Gasteiger partial charge in [-0.3, -0.25) is 4.90 Å². The average Bonchev–Trinajstić information content (AvgIpc) is 2.72. The van der Waals surface area contributed by atoms with Crippen LogP contribution in [0.3, 0.4) is 0 Å². The molecule has 5 heteroatoms. The molecule has 1 saturated heterocycles. The van der Waals surface area contributed by atoms with Crippen molar-refractivity contribution in [2.24, 2.45) is 0 Å². The maximum Gasteiger partial charge on any atom is 0.161 e. The molecule has 0 amide bonds. The van der Waals surface area contributed by atoms with Gasteiger partial charge < -0.3 is 19.7 Å². The zero-order chi connectivity index (χ0) is 15.8. The van der Waals surface area contributed by atoms with Crippen LogP contribution in [0.2, 0.25) is 0 Å². The highest BCUT2D eigenvalue weighted by Gasteiger charge is 2.29. The first kappa shape index (κ1) is 17.1. The molecule has 2 N–H and O–H groups in total. The summed E-state index contributed by atoms with van der Waals surface area (Å²) in [5, 5.41) is 19.4. The standard InChI is InChI=1S/C17H27NO4/c1-2-21-15-6-3-4-7-16(15)22-13-12-18-10-5-8-17(20,14-19)9-11-18/h3-4,6-7,19-20H,2,5,8-14H2,1H3/t17-/m1/s1. The Kier molecular flexibility index (Phi) is 6.49. The predicted octanol–water partition coefficient (Wildman–Crippen LogP) is 1.67. The van der Waals surface area contributed by atoms with Gasteiger partial charge in [0.1, 0.15) is 6.61 Å². The Balaban J connectivity index is 1.79. The lowest BCUT2D eigenvalue weighted by atomic mass is 9.96. The lowest BCUT2D eigenvalue weighted by molar-refractivity contribution is -0.0255. The highest BCUT2D eigenvalue weighted by molar-refractivity contribution is 5.39. The van der Waals surface area contributed by atoms with Crippen LogP contribution in [-0.4, -0.2) is 60.2 Å². The normalized spacial score (nSPS) is 23.0. The van der Waals surface area contributed by atoms with E-state index in [4.69, 9.17) is 9.47 Å². The Bertz CT molecular complexity index is 454. The summed E-state index contributed by atoms with van der Waals surface area (Å²) in [5.74, 6) is 1.54. The van der Waals surface area contributed by atoms with Gasteiger partial charge >= 0.3 is 0 Å². The summed E-state index contributed by atoms with van der Waals surface area (Å²) in [7, 11) is 0. The molecule has 0 saturated carbocycles. The van der Waals surface area contributed by atoms with Crippen molar-refractivity contribution in [3.63, 3.8) is 0 Å². The van der Waals surface area contributed by atoms with E-state index >= 15 is 0 Å². The van der Waals surface area contributed by atoms with E-state index in [1.165, 1.54) is 0 Å². The number of rotatable bonds is 7. The quantitative estimate of drug-likeness (QED) is 0.802. The lowest BCUT2D eigenvalue weighted by Gasteiger charge is -2.24. The second kappa shape index (κ2) is 8.36. The third kappa shape index (κ3) is 4.87. The predicted molar refractivity (Wildman–Crippen MR) is 85.4 cm³/mol. The maximum atomic E-state index is 10.2. The van der Waals surface area contributed by atoms with Gasteiger partial charge in [-0.05, 0) is 44.9 Å². The number of benzene rings is 1. The highest BCUT2D eigenvalue weighted by atomic mass is 16.5. The second-order valence-corrected chi connectivity index (χ2v) is 5.81. The minimum absolute atomic E-state index is 0.154. The van der Waals surface area contributed by atoms with Gasteiger partial charge in [0.05, 0.1) is 18.8 Å². The molecule has 5 nitrogen and oxygen atoms in total. The molecule has 1 aromatic rings. The summed E-state index contributed by atoms with van der Waals surface area (Å²) in [5.41, 5.74) is -0.906. The Labute approximate surface area is 132 Å². The molecule has 1 atom stereocenters. The minimum Gasteiger partial charge on any atom is -0.490 e. The van der Waals surface area contributed by atoms with E-state index in [-0.39, 0.29) is 6.61 Å². The average molecular weight is 309 g/mol. The molecular formula is C17H27NO4. The molecule has 0 radical (unpaired) electrons. The van der Waals surface area contributed by atoms with Gasteiger partial charge in [-0.1, -0.05) is 12.1 Å². The fourth-order valence-electron chi connectivity index (χ4n) is 2.75. The van der Waals surface area contributed by atoms with Crippen LogP contribution >= 0.6 is 0 Å². The van der Waals surface area contributed by atoms with Crippen LogP contribution in [0, 0.1) is 0 Å². The molecule has 1 aliphatic rings. The number of nitrogens with zero attached hydrogens (tertiary/aromatic N) is 1.